The second-order valence-electron chi connectivity index (χ2n) is 2.38. The summed E-state index contributed by atoms with van der Waals surface area (Å²) in [6.45, 7) is 0.859. The minimum atomic E-state index is 0.813. The summed E-state index contributed by atoms with van der Waals surface area (Å²) in [5.41, 5.74) is 5.37. The SMILES string of the molecule is NCCCCCCC(I)I. The van der Waals surface area contributed by atoms with Crippen LogP contribution in [0.15, 0.2) is 0 Å². The second-order valence-corrected chi connectivity index (χ2v) is 7.77. The Kier molecular flexibility index (Phi) is 9.73. The van der Waals surface area contributed by atoms with Gasteiger partial charge in [-0.3, -0.25) is 0 Å². The number of halogens is 2. The Morgan fingerprint density at radius 3 is 2.10 bits per heavy atom. The number of hydrogen-bond donors (Lipinski definition) is 1. The lowest BCUT2D eigenvalue weighted by Crippen LogP contribution is -1.97. The number of nitrogens with two attached hydrogens (primary N) is 1. The molecule has 0 unspecified atom stereocenters. The van der Waals surface area contributed by atoms with Crippen molar-refractivity contribution in [3.8, 4) is 0 Å². The van der Waals surface area contributed by atoms with Gasteiger partial charge in [0, 0.05) is 0 Å². The Morgan fingerprint density at radius 2 is 1.60 bits per heavy atom. The fourth-order valence-electron chi connectivity index (χ4n) is 0.797. The molecule has 0 bridgehead atoms. The summed E-state index contributed by atoms with van der Waals surface area (Å²) in [6.07, 6.45) is 6.60. The van der Waals surface area contributed by atoms with Crippen LogP contribution in [-0.2, 0) is 0 Å². The van der Waals surface area contributed by atoms with E-state index in [-0.39, 0.29) is 0 Å². The molecule has 0 spiro atoms. The van der Waals surface area contributed by atoms with Crippen LogP contribution in [0.1, 0.15) is 32.1 Å². The van der Waals surface area contributed by atoms with Crippen molar-refractivity contribution in [2.75, 3.05) is 6.54 Å². The van der Waals surface area contributed by atoms with Gasteiger partial charge in [0.05, 0.1) is 1.93 Å². The van der Waals surface area contributed by atoms with Crippen LogP contribution in [0.5, 0.6) is 0 Å². The van der Waals surface area contributed by atoms with Crippen LogP contribution in [-0.4, -0.2) is 8.48 Å². The first kappa shape index (κ1) is 11.4. The van der Waals surface area contributed by atoms with Crippen molar-refractivity contribution in [2.24, 2.45) is 5.73 Å². The summed E-state index contributed by atoms with van der Waals surface area (Å²) in [5.74, 6) is 0. The molecule has 0 saturated carbocycles. The largest absolute Gasteiger partial charge is 0.330 e. The number of unbranched alkanes of at least 4 members (excludes halogenated alkanes) is 3. The normalized spacial score (nSPS) is 10.8. The van der Waals surface area contributed by atoms with Crippen molar-refractivity contribution >= 4 is 45.2 Å². The van der Waals surface area contributed by atoms with Crippen LogP contribution in [0.4, 0.5) is 0 Å². The smallest absolute Gasteiger partial charge is 0.0626 e. The summed E-state index contributed by atoms with van der Waals surface area (Å²) in [6, 6.07) is 0. The average Bonchev–Trinajstić information content (AvgIpc) is 1.87. The monoisotopic (exact) mass is 367 g/mol. The van der Waals surface area contributed by atoms with Crippen molar-refractivity contribution in [1.82, 2.24) is 0 Å². The average molecular weight is 367 g/mol. The highest BCUT2D eigenvalue weighted by Crippen LogP contribution is 2.17. The van der Waals surface area contributed by atoms with E-state index in [0.717, 1.165) is 8.48 Å². The van der Waals surface area contributed by atoms with Gasteiger partial charge in [-0.15, -0.1) is 0 Å². The molecule has 0 aliphatic rings. The zero-order valence-electron chi connectivity index (χ0n) is 6.15. The highest BCUT2D eigenvalue weighted by Gasteiger charge is 1.95. The highest BCUT2D eigenvalue weighted by molar-refractivity contribution is 14.2. The molecule has 0 aromatic rings. The highest BCUT2D eigenvalue weighted by atomic mass is 127. The van der Waals surface area contributed by atoms with Crippen molar-refractivity contribution in [3.63, 3.8) is 0 Å². The first-order valence-electron chi connectivity index (χ1n) is 3.75. The van der Waals surface area contributed by atoms with Crippen molar-refractivity contribution in [1.29, 1.82) is 0 Å². The zero-order chi connectivity index (χ0) is 7.82. The molecule has 1 nitrogen and oxygen atoms in total. The van der Waals surface area contributed by atoms with E-state index in [9.17, 15) is 0 Å². The first-order valence-corrected chi connectivity index (χ1v) is 6.24. The zero-order valence-corrected chi connectivity index (χ0v) is 10.5. The molecule has 0 aromatic carbocycles. The van der Waals surface area contributed by atoms with E-state index < -0.39 is 0 Å². The lowest BCUT2D eigenvalue weighted by atomic mass is 10.2. The van der Waals surface area contributed by atoms with E-state index >= 15 is 0 Å². The second kappa shape index (κ2) is 8.52. The van der Waals surface area contributed by atoms with Gasteiger partial charge in [-0.2, -0.15) is 0 Å². The molecule has 0 heterocycles. The van der Waals surface area contributed by atoms with Gasteiger partial charge >= 0.3 is 0 Å². The van der Waals surface area contributed by atoms with Crippen molar-refractivity contribution in [2.45, 2.75) is 34.0 Å². The number of alkyl halides is 2. The third-order valence-corrected chi connectivity index (χ3v) is 2.62. The third-order valence-electron chi connectivity index (χ3n) is 1.38. The van der Waals surface area contributed by atoms with Gasteiger partial charge in [0.25, 0.3) is 0 Å². The Hall–Kier alpha value is 1.42. The Balaban J connectivity index is 2.77. The maximum absolute atomic E-state index is 5.37. The quantitative estimate of drug-likeness (QED) is 0.436. The van der Waals surface area contributed by atoms with E-state index in [1.807, 2.05) is 0 Å². The molecule has 2 N–H and O–H groups in total. The van der Waals surface area contributed by atoms with Crippen LogP contribution >= 0.6 is 45.2 Å². The van der Waals surface area contributed by atoms with Crippen LogP contribution in [0, 0.1) is 0 Å². The van der Waals surface area contributed by atoms with Gasteiger partial charge in [-0.25, -0.2) is 0 Å². The van der Waals surface area contributed by atoms with Gasteiger partial charge < -0.3 is 5.73 Å². The standard InChI is InChI=1S/C7H15I2N/c8-7(9)5-3-1-2-4-6-10/h7H,1-6,10H2. The lowest BCUT2D eigenvalue weighted by Gasteiger charge is -2.00. The summed E-state index contributed by atoms with van der Waals surface area (Å²) < 4.78 is 0.813. The Morgan fingerprint density at radius 1 is 1.00 bits per heavy atom. The van der Waals surface area contributed by atoms with Gasteiger partial charge in [-0.1, -0.05) is 64.4 Å². The molecular formula is C7H15I2N. The molecule has 0 radical (unpaired) electrons. The van der Waals surface area contributed by atoms with Crippen LogP contribution in [0.2, 0.25) is 0 Å². The summed E-state index contributed by atoms with van der Waals surface area (Å²) in [4.78, 5) is 0. The molecule has 62 valence electrons. The molecule has 0 aliphatic heterocycles. The van der Waals surface area contributed by atoms with E-state index in [0.29, 0.717) is 0 Å². The predicted molar refractivity (Wildman–Crippen MR) is 64.0 cm³/mol. The lowest BCUT2D eigenvalue weighted by molar-refractivity contribution is 0.640. The molecule has 3 heteroatoms. The minimum absolute atomic E-state index is 0.813. The van der Waals surface area contributed by atoms with Gasteiger partial charge in [0.1, 0.15) is 0 Å². The van der Waals surface area contributed by atoms with Crippen LogP contribution in [0.3, 0.4) is 0 Å². The molecule has 10 heavy (non-hydrogen) atoms. The predicted octanol–water partition coefficient (Wildman–Crippen LogP) is 3.09. The summed E-state index contributed by atoms with van der Waals surface area (Å²) in [7, 11) is 0. The maximum atomic E-state index is 5.37. The fraction of sp³-hybridized carbons (Fsp3) is 1.00. The van der Waals surface area contributed by atoms with Gasteiger partial charge in [0.15, 0.2) is 0 Å². The minimum Gasteiger partial charge on any atom is -0.330 e. The molecule has 0 saturated heterocycles. The molecule has 0 atom stereocenters. The molecule has 0 aromatic heterocycles. The maximum Gasteiger partial charge on any atom is 0.0626 e. The third kappa shape index (κ3) is 9.42. The van der Waals surface area contributed by atoms with Crippen LogP contribution in [0.25, 0.3) is 0 Å². The van der Waals surface area contributed by atoms with Gasteiger partial charge in [0.2, 0.25) is 0 Å². The molecule has 0 rings (SSSR count). The molecule has 0 amide bonds. The molecule has 0 aliphatic carbocycles. The van der Waals surface area contributed by atoms with E-state index in [4.69, 9.17) is 5.73 Å². The van der Waals surface area contributed by atoms with E-state index in [1.54, 1.807) is 0 Å². The summed E-state index contributed by atoms with van der Waals surface area (Å²) in [5, 5.41) is 0. The summed E-state index contributed by atoms with van der Waals surface area (Å²) >= 11 is 4.93. The fourth-order valence-corrected chi connectivity index (χ4v) is 1.68. The Bertz CT molecular complexity index is 66.6. The number of hydrogen-bond acceptors (Lipinski definition) is 1. The van der Waals surface area contributed by atoms with Crippen LogP contribution < -0.4 is 5.73 Å². The van der Waals surface area contributed by atoms with Gasteiger partial charge in [-0.05, 0) is 19.4 Å². The van der Waals surface area contributed by atoms with Crippen molar-refractivity contribution < 1.29 is 0 Å². The van der Waals surface area contributed by atoms with E-state index in [2.05, 4.69) is 45.2 Å². The molecule has 0 fully saturated rings. The Labute approximate surface area is 90.8 Å². The molecular weight excluding hydrogens is 352 g/mol. The number of rotatable bonds is 6. The topological polar surface area (TPSA) is 26.0 Å². The van der Waals surface area contributed by atoms with E-state index in [1.165, 1.54) is 32.1 Å². The first-order chi connectivity index (χ1) is 4.77. The van der Waals surface area contributed by atoms with Crippen molar-refractivity contribution in [3.05, 3.63) is 0 Å².